The first kappa shape index (κ1) is 26.0. The second-order valence-electron chi connectivity index (χ2n) is 11.9. The molecule has 4 heteroatoms. The van der Waals surface area contributed by atoms with Crippen molar-refractivity contribution in [1.82, 2.24) is 14.1 Å². The number of benzene rings is 5. The molecule has 0 atom stereocenters. The standard InChI is InChI=1S/C40H30N4/c1-24-10-14-33-29(19-24)30-20-25(2)11-15-34(30)43(33)37-8-5-7-28(23-41)39(37)40-38(9-6-18-42-40)44-35-16-12-26(3)21-31(35)32-22-27(4)13-17-36(32)44/h5-22H,1-4H3. The number of nitriles is 1. The maximum absolute atomic E-state index is 10.5. The van der Waals surface area contributed by atoms with Crippen molar-refractivity contribution in [2.45, 2.75) is 27.7 Å². The Labute approximate surface area is 256 Å². The molecule has 4 nitrogen and oxygen atoms in total. The molecule has 3 aromatic heterocycles. The lowest BCUT2D eigenvalue weighted by molar-refractivity contribution is 1.12. The highest BCUT2D eigenvalue weighted by molar-refractivity contribution is 6.12. The van der Waals surface area contributed by atoms with Gasteiger partial charge in [-0.25, -0.2) is 0 Å². The third-order valence-electron chi connectivity index (χ3n) is 8.82. The van der Waals surface area contributed by atoms with Gasteiger partial charge in [-0.3, -0.25) is 4.98 Å². The summed E-state index contributed by atoms with van der Waals surface area (Å²) in [5.41, 5.74) is 13.4. The van der Waals surface area contributed by atoms with E-state index in [-0.39, 0.29) is 0 Å². The maximum atomic E-state index is 10.5. The molecular weight excluding hydrogens is 536 g/mol. The monoisotopic (exact) mass is 566 g/mol. The van der Waals surface area contributed by atoms with Crippen LogP contribution in [0.5, 0.6) is 0 Å². The number of aromatic nitrogens is 3. The zero-order chi connectivity index (χ0) is 30.1. The van der Waals surface area contributed by atoms with Crippen LogP contribution in [0, 0.1) is 39.0 Å². The van der Waals surface area contributed by atoms with Gasteiger partial charge in [-0.2, -0.15) is 5.26 Å². The molecular formula is C40H30N4. The number of nitrogens with zero attached hydrogens (tertiary/aromatic N) is 4. The van der Waals surface area contributed by atoms with Gasteiger partial charge in [-0.05, 0) is 100 Å². The SMILES string of the molecule is Cc1ccc2c(c1)c1cc(C)ccc1n2-c1cccnc1-c1c(C#N)cccc1-n1c2ccc(C)cc2c2cc(C)ccc21. The molecule has 3 heterocycles. The van der Waals surface area contributed by atoms with Crippen LogP contribution in [0.3, 0.4) is 0 Å². The zero-order valence-electron chi connectivity index (χ0n) is 25.2. The molecule has 0 saturated carbocycles. The van der Waals surface area contributed by atoms with E-state index in [1.165, 1.54) is 43.8 Å². The van der Waals surface area contributed by atoms with E-state index in [2.05, 4.69) is 128 Å². The van der Waals surface area contributed by atoms with Crippen LogP contribution >= 0.6 is 0 Å². The molecule has 0 bridgehead atoms. The van der Waals surface area contributed by atoms with E-state index in [4.69, 9.17) is 4.98 Å². The minimum absolute atomic E-state index is 0.587. The lowest BCUT2D eigenvalue weighted by atomic mass is 10.00. The lowest BCUT2D eigenvalue weighted by Gasteiger charge is -2.18. The van der Waals surface area contributed by atoms with Crippen LogP contribution in [0.4, 0.5) is 0 Å². The van der Waals surface area contributed by atoms with Gasteiger partial charge in [0.25, 0.3) is 0 Å². The van der Waals surface area contributed by atoms with Gasteiger partial charge in [-0.1, -0.05) is 52.6 Å². The molecule has 8 rings (SSSR count). The predicted octanol–water partition coefficient (Wildman–Crippen LogP) is 10.0. The van der Waals surface area contributed by atoms with Crippen LogP contribution in [0.25, 0.3) is 66.2 Å². The minimum atomic E-state index is 0.587. The van der Waals surface area contributed by atoms with Crippen LogP contribution < -0.4 is 0 Å². The highest BCUT2D eigenvalue weighted by atomic mass is 15.0. The number of fused-ring (bicyclic) bond motifs is 6. The summed E-state index contributed by atoms with van der Waals surface area (Å²) in [5.74, 6) is 0. The Morgan fingerprint density at radius 1 is 0.523 bits per heavy atom. The second kappa shape index (κ2) is 9.69. The quantitative estimate of drug-likeness (QED) is 0.214. The molecule has 0 aliphatic carbocycles. The van der Waals surface area contributed by atoms with Gasteiger partial charge in [0.1, 0.15) is 0 Å². The Balaban J connectivity index is 1.50. The third kappa shape index (κ3) is 3.80. The van der Waals surface area contributed by atoms with Gasteiger partial charge in [0.15, 0.2) is 0 Å². The smallest absolute Gasteiger partial charge is 0.0999 e. The van der Waals surface area contributed by atoms with Gasteiger partial charge >= 0.3 is 0 Å². The molecule has 8 aromatic rings. The molecule has 0 spiro atoms. The number of pyridine rings is 1. The summed E-state index contributed by atoms with van der Waals surface area (Å²) in [6.45, 7) is 8.54. The minimum Gasteiger partial charge on any atom is -0.309 e. The maximum Gasteiger partial charge on any atom is 0.0999 e. The van der Waals surface area contributed by atoms with Crippen LogP contribution in [0.2, 0.25) is 0 Å². The Morgan fingerprint density at radius 2 is 0.955 bits per heavy atom. The molecule has 0 saturated heterocycles. The third-order valence-corrected chi connectivity index (χ3v) is 8.82. The fourth-order valence-electron chi connectivity index (χ4n) is 6.86. The van der Waals surface area contributed by atoms with E-state index < -0.39 is 0 Å². The van der Waals surface area contributed by atoms with E-state index in [1.807, 2.05) is 24.4 Å². The van der Waals surface area contributed by atoms with Gasteiger partial charge < -0.3 is 9.13 Å². The molecule has 0 radical (unpaired) electrons. The number of hydrogen-bond acceptors (Lipinski definition) is 2. The first-order chi connectivity index (χ1) is 21.4. The molecule has 0 fully saturated rings. The van der Waals surface area contributed by atoms with E-state index in [1.54, 1.807) is 0 Å². The highest BCUT2D eigenvalue weighted by Gasteiger charge is 2.23. The fourth-order valence-corrected chi connectivity index (χ4v) is 6.86. The summed E-state index contributed by atoms with van der Waals surface area (Å²) < 4.78 is 4.61. The Kier molecular flexibility index (Phi) is 5.73. The summed E-state index contributed by atoms with van der Waals surface area (Å²) in [4.78, 5) is 5.04. The number of rotatable bonds is 3. The Morgan fingerprint density at radius 3 is 1.41 bits per heavy atom. The molecule has 5 aromatic carbocycles. The van der Waals surface area contributed by atoms with Crippen molar-refractivity contribution < 1.29 is 0 Å². The molecule has 0 unspecified atom stereocenters. The van der Waals surface area contributed by atoms with Crippen molar-refractivity contribution in [3.8, 4) is 28.7 Å². The van der Waals surface area contributed by atoms with E-state index in [9.17, 15) is 5.26 Å². The number of aryl methyl sites for hydroxylation is 4. The first-order valence-electron chi connectivity index (χ1n) is 14.9. The molecule has 0 aliphatic heterocycles. The normalized spacial score (nSPS) is 11.6. The average Bonchev–Trinajstić information content (AvgIpc) is 3.51. The fraction of sp³-hybridized carbons (Fsp3) is 0.100. The number of hydrogen-bond donors (Lipinski definition) is 0. The van der Waals surface area contributed by atoms with E-state index in [0.717, 1.165) is 44.7 Å². The van der Waals surface area contributed by atoms with Crippen LogP contribution in [-0.2, 0) is 0 Å². The highest BCUT2D eigenvalue weighted by Crippen LogP contribution is 2.41. The molecule has 210 valence electrons. The second-order valence-corrected chi connectivity index (χ2v) is 11.9. The van der Waals surface area contributed by atoms with Gasteiger partial charge in [-0.15, -0.1) is 0 Å². The summed E-state index contributed by atoms with van der Waals surface area (Å²) in [7, 11) is 0. The summed E-state index contributed by atoms with van der Waals surface area (Å²) in [5, 5.41) is 15.4. The van der Waals surface area contributed by atoms with Crippen molar-refractivity contribution in [2.24, 2.45) is 0 Å². The Hall–Kier alpha value is -5.66. The molecule has 0 aliphatic rings. The Bertz CT molecular complexity index is 2380. The van der Waals surface area contributed by atoms with Gasteiger partial charge in [0.2, 0.25) is 0 Å². The van der Waals surface area contributed by atoms with E-state index in [0.29, 0.717) is 5.56 Å². The van der Waals surface area contributed by atoms with E-state index >= 15 is 0 Å². The zero-order valence-corrected chi connectivity index (χ0v) is 25.2. The van der Waals surface area contributed by atoms with Crippen LogP contribution in [0.15, 0.2) is 109 Å². The van der Waals surface area contributed by atoms with Gasteiger partial charge in [0, 0.05) is 33.3 Å². The summed E-state index contributed by atoms with van der Waals surface area (Å²) >= 11 is 0. The largest absolute Gasteiger partial charge is 0.309 e. The predicted molar refractivity (Wildman–Crippen MR) is 182 cm³/mol. The van der Waals surface area contributed by atoms with Crippen LogP contribution in [0.1, 0.15) is 27.8 Å². The topological polar surface area (TPSA) is 46.5 Å². The summed E-state index contributed by atoms with van der Waals surface area (Å²) in [6.07, 6.45) is 1.83. The average molecular weight is 567 g/mol. The summed E-state index contributed by atoms with van der Waals surface area (Å²) in [6, 6.07) is 39.1. The molecule has 0 amide bonds. The van der Waals surface area contributed by atoms with Crippen molar-refractivity contribution in [3.63, 3.8) is 0 Å². The lowest BCUT2D eigenvalue weighted by Crippen LogP contribution is -2.04. The first-order valence-corrected chi connectivity index (χ1v) is 14.9. The van der Waals surface area contributed by atoms with Crippen molar-refractivity contribution in [2.75, 3.05) is 0 Å². The van der Waals surface area contributed by atoms with Crippen molar-refractivity contribution in [1.29, 1.82) is 5.26 Å². The molecule has 44 heavy (non-hydrogen) atoms. The molecule has 0 N–H and O–H groups in total. The van der Waals surface area contributed by atoms with Crippen molar-refractivity contribution >= 4 is 43.6 Å². The van der Waals surface area contributed by atoms with Gasteiger partial charge in [0.05, 0.1) is 50.8 Å². The van der Waals surface area contributed by atoms with Crippen molar-refractivity contribution in [3.05, 3.63) is 137 Å². The van der Waals surface area contributed by atoms with Crippen LogP contribution in [-0.4, -0.2) is 14.1 Å².